The molecule has 3 heterocycles. The van der Waals surface area contributed by atoms with E-state index in [1.807, 2.05) is 31.7 Å². The van der Waals surface area contributed by atoms with E-state index in [9.17, 15) is 0 Å². The molecule has 0 fully saturated rings. The second-order valence-corrected chi connectivity index (χ2v) is 4.89. The minimum Gasteiger partial charge on any atom is -0.376 e. The van der Waals surface area contributed by atoms with E-state index in [2.05, 4.69) is 19.9 Å². The van der Waals surface area contributed by atoms with Gasteiger partial charge in [0.25, 0.3) is 0 Å². The molecule has 1 aliphatic heterocycles. The molecule has 1 atom stereocenters. The Balaban J connectivity index is 1.61. The van der Waals surface area contributed by atoms with Gasteiger partial charge in [0.1, 0.15) is 0 Å². The quantitative estimate of drug-likeness (QED) is 0.896. The third-order valence-corrected chi connectivity index (χ3v) is 3.44. The summed E-state index contributed by atoms with van der Waals surface area (Å²) >= 11 is 0. The average molecular weight is 258 g/mol. The zero-order valence-corrected chi connectivity index (χ0v) is 11.0. The van der Waals surface area contributed by atoms with Gasteiger partial charge in [-0.2, -0.15) is 0 Å². The Morgan fingerprint density at radius 2 is 2.47 bits per heavy atom. The number of aromatic nitrogens is 3. The SMILES string of the molecule is Cn1cnc2c1[C@@H](COCc1cccnc1)CNC2. The van der Waals surface area contributed by atoms with Crippen LogP contribution in [0.25, 0.3) is 0 Å². The monoisotopic (exact) mass is 258 g/mol. The summed E-state index contributed by atoms with van der Waals surface area (Å²) in [4.78, 5) is 8.49. The molecule has 0 spiro atoms. The van der Waals surface area contributed by atoms with Gasteiger partial charge in [-0.1, -0.05) is 6.07 Å². The number of hydrogen-bond acceptors (Lipinski definition) is 4. The first-order chi connectivity index (χ1) is 9.34. The Hall–Kier alpha value is -1.72. The lowest BCUT2D eigenvalue weighted by Crippen LogP contribution is -2.31. The predicted molar refractivity (Wildman–Crippen MR) is 71.5 cm³/mol. The van der Waals surface area contributed by atoms with E-state index in [4.69, 9.17) is 4.74 Å². The highest BCUT2D eigenvalue weighted by Gasteiger charge is 2.23. The molecule has 0 unspecified atom stereocenters. The van der Waals surface area contributed by atoms with Crippen LogP contribution >= 0.6 is 0 Å². The van der Waals surface area contributed by atoms with Crippen LogP contribution in [-0.2, 0) is 24.9 Å². The van der Waals surface area contributed by atoms with Crippen molar-refractivity contribution in [1.29, 1.82) is 0 Å². The van der Waals surface area contributed by atoms with Gasteiger partial charge in [-0.15, -0.1) is 0 Å². The topological polar surface area (TPSA) is 52.0 Å². The van der Waals surface area contributed by atoms with Crippen molar-refractivity contribution < 1.29 is 4.74 Å². The fraction of sp³-hybridized carbons (Fsp3) is 0.429. The molecule has 2 aromatic rings. The van der Waals surface area contributed by atoms with E-state index in [0.29, 0.717) is 19.1 Å². The van der Waals surface area contributed by atoms with Crippen LogP contribution in [0.2, 0.25) is 0 Å². The molecule has 0 aliphatic carbocycles. The smallest absolute Gasteiger partial charge is 0.0949 e. The fourth-order valence-corrected chi connectivity index (χ4v) is 2.55. The van der Waals surface area contributed by atoms with E-state index in [0.717, 1.165) is 24.3 Å². The first kappa shape index (κ1) is 12.3. The summed E-state index contributed by atoms with van der Waals surface area (Å²) in [6.07, 6.45) is 5.50. The molecule has 0 radical (unpaired) electrons. The lowest BCUT2D eigenvalue weighted by atomic mass is 10.0. The normalized spacial score (nSPS) is 18.3. The summed E-state index contributed by atoms with van der Waals surface area (Å²) in [5.74, 6) is 0.368. The maximum absolute atomic E-state index is 5.82. The molecule has 0 saturated heterocycles. The molecular weight excluding hydrogens is 240 g/mol. The summed E-state index contributed by atoms with van der Waals surface area (Å²) in [6.45, 7) is 3.11. The summed E-state index contributed by atoms with van der Waals surface area (Å²) < 4.78 is 7.92. The summed E-state index contributed by atoms with van der Waals surface area (Å²) in [5.41, 5.74) is 3.55. The highest BCUT2D eigenvalue weighted by molar-refractivity contribution is 5.21. The molecule has 0 bridgehead atoms. The van der Waals surface area contributed by atoms with Gasteiger partial charge in [-0.25, -0.2) is 4.98 Å². The van der Waals surface area contributed by atoms with Gasteiger partial charge in [0.15, 0.2) is 0 Å². The zero-order valence-electron chi connectivity index (χ0n) is 11.0. The van der Waals surface area contributed by atoms with Gasteiger partial charge in [0.2, 0.25) is 0 Å². The van der Waals surface area contributed by atoms with Crippen LogP contribution in [0.5, 0.6) is 0 Å². The second-order valence-electron chi connectivity index (χ2n) is 4.89. The van der Waals surface area contributed by atoms with Crippen molar-refractivity contribution in [2.45, 2.75) is 19.1 Å². The Morgan fingerprint density at radius 3 is 3.32 bits per heavy atom. The van der Waals surface area contributed by atoms with Crippen LogP contribution in [0.3, 0.4) is 0 Å². The minimum absolute atomic E-state index is 0.368. The van der Waals surface area contributed by atoms with Crippen LogP contribution in [0.15, 0.2) is 30.9 Å². The van der Waals surface area contributed by atoms with Gasteiger partial charge < -0.3 is 14.6 Å². The van der Waals surface area contributed by atoms with Crippen molar-refractivity contribution in [3.05, 3.63) is 47.8 Å². The van der Waals surface area contributed by atoms with Crippen molar-refractivity contribution in [3.8, 4) is 0 Å². The van der Waals surface area contributed by atoms with E-state index in [1.165, 1.54) is 5.69 Å². The molecule has 19 heavy (non-hydrogen) atoms. The van der Waals surface area contributed by atoms with E-state index in [-0.39, 0.29) is 0 Å². The Morgan fingerprint density at radius 1 is 1.53 bits per heavy atom. The third kappa shape index (κ3) is 2.67. The van der Waals surface area contributed by atoms with E-state index >= 15 is 0 Å². The maximum Gasteiger partial charge on any atom is 0.0949 e. The number of pyridine rings is 1. The number of rotatable bonds is 4. The lowest BCUT2D eigenvalue weighted by Gasteiger charge is -2.24. The third-order valence-electron chi connectivity index (χ3n) is 3.44. The van der Waals surface area contributed by atoms with Crippen molar-refractivity contribution in [3.63, 3.8) is 0 Å². The molecule has 1 N–H and O–H groups in total. The molecule has 0 aromatic carbocycles. The van der Waals surface area contributed by atoms with Crippen molar-refractivity contribution in [1.82, 2.24) is 19.9 Å². The average Bonchev–Trinajstić information content (AvgIpc) is 2.83. The zero-order chi connectivity index (χ0) is 13.1. The number of fused-ring (bicyclic) bond motifs is 1. The first-order valence-corrected chi connectivity index (χ1v) is 6.52. The van der Waals surface area contributed by atoms with Crippen LogP contribution in [-0.4, -0.2) is 27.7 Å². The van der Waals surface area contributed by atoms with Gasteiger partial charge in [-0.05, 0) is 11.6 Å². The number of aryl methyl sites for hydroxylation is 1. The Bertz CT molecular complexity index is 538. The van der Waals surface area contributed by atoms with Crippen molar-refractivity contribution in [2.24, 2.45) is 7.05 Å². The van der Waals surface area contributed by atoms with Gasteiger partial charge in [0.05, 0.1) is 25.2 Å². The largest absolute Gasteiger partial charge is 0.376 e. The van der Waals surface area contributed by atoms with Crippen LogP contribution < -0.4 is 5.32 Å². The van der Waals surface area contributed by atoms with Gasteiger partial charge in [0, 0.05) is 44.1 Å². The van der Waals surface area contributed by atoms with Crippen LogP contribution in [0.4, 0.5) is 0 Å². The van der Waals surface area contributed by atoms with E-state index < -0.39 is 0 Å². The molecule has 3 rings (SSSR count). The van der Waals surface area contributed by atoms with Gasteiger partial charge >= 0.3 is 0 Å². The molecular formula is C14H18N4O. The molecule has 1 aliphatic rings. The van der Waals surface area contributed by atoms with E-state index in [1.54, 1.807) is 6.20 Å². The molecule has 5 nitrogen and oxygen atoms in total. The molecule has 0 saturated carbocycles. The number of imidazole rings is 1. The standard InChI is InChI=1S/C14H18N4O/c1-18-10-17-13-7-16-6-12(14(13)18)9-19-8-11-3-2-4-15-5-11/h2-5,10,12,16H,6-9H2,1H3/t12-/m1/s1. The molecule has 100 valence electrons. The predicted octanol–water partition coefficient (Wildman–Crippen LogP) is 1.22. The maximum atomic E-state index is 5.82. The van der Waals surface area contributed by atoms with Crippen LogP contribution in [0, 0.1) is 0 Å². The van der Waals surface area contributed by atoms with Crippen molar-refractivity contribution >= 4 is 0 Å². The fourth-order valence-electron chi connectivity index (χ4n) is 2.55. The van der Waals surface area contributed by atoms with Crippen molar-refractivity contribution in [2.75, 3.05) is 13.2 Å². The number of nitrogens with one attached hydrogen (secondary N) is 1. The number of hydrogen-bond donors (Lipinski definition) is 1. The first-order valence-electron chi connectivity index (χ1n) is 6.52. The Kier molecular flexibility index (Phi) is 3.57. The molecule has 0 amide bonds. The minimum atomic E-state index is 0.368. The van der Waals surface area contributed by atoms with Crippen LogP contribution in [0.1, 0.15) is 22.9 Å². The highest BCUT2D eigenvalue weighted by Crippen LogP contribution is 2.23. The summed E-state index contributed by atoms with van der Waals surface area (Å²) in [7, 11) is 2.05. The summed E-state index contributed by atoms with van der Waals surface area (Å²) in [6, 6.07) is 3.96. The number of nitrogens with zero attached hydrogens (tertiary/aromatic N) is 3. The number of ether oxygens (including phenoxy) is 1. The van der Waals surface area contributed by atoms with Gasteiger partial charge in [-0.3, -0.25) is 4.98 Å². The molecule has 5 heteroatoms. The Labute approximate surface area is 112 Å². The summed E-state index contributed by atoms with van der Waals surface area (Å²) in [5, 5.41) is 3.38. The highest BCUT2D eigenvalue weighted by atomic mass is 16.5. The second kappa shape index (κ2) is 5.50. The lowest BCUT2D eigenvalue weighted by molar-refractivity contribution is 0.103. The molecule has 2 aromatic heterocycles.